The molecule has 1 saturated carbocycles. The molecule has 1 aromatic rings. The van der Waals surface area contributed by atoms with Gasteiger partial charge in [0.1, 0.15) is 11.6 Å². The molecular weight excluding hydrogens is 288 g/mol. The van der Waals surface area contributed by atoms with Crippen molar-refractivity contribution in [2.75, 3.05) is 13.1 Å². The van der Waals surface area contributed by atoms with E-state index >= 15 is 0 Å². The maximum atomic E-state index is 13.7. The van der Waals surface area contributed by atoms with Gasteiger partial charge in [0.15, 0.2) is 0 Å². The van der Waals surface area contributed by atoms with E-state index in [9.17, 15) is 18.7 Å². The van der Waals surface area contributed by atoms with E-state index in [2.05, 4.69) is 0 Å². The van der Waals surface area contributed by atoms with Gasteiger partial charge in [0.25, 0.3) is 0 Å². The van der Waals surface area contributed by atoms with Crippen molar-refractivity contribution >= 4 is 5.91 Å². The molecule has 0 unspecified atom stereocenters. The van der Waals surface area contributed by atoms with Crippen LogP contribution < -0.4 is 0 Å². The molecule has 0 bridgehead atoms. The number of nitrogens with zero attached hydrogens (tertiary/aromatic N) is 1. The third-order valence-electron chi connectivity index (χ3n) is 5.35. The first kappa shape index (κ1) is 15.4. The maximum Gasteiger partial charge on any atom is 0.227 e. The summed E-state index contributed by atoms with van der Waals surface area (Å²) in [6.45, 7) is 2.66. The standard InChI is InChI=1S/C17H21F2NO2/c1-11-9-20(10-17(11,22)12-4-2-5-12)16(21)8-13-14(18)6-3-7-15(13)19/h3,6-7,11-12,22H,2,4-5,8-10H2,1H3/t11-,17+/m1/s1. The average Bonchev–Trinajstić information content (AvgIpc) is 2.68. The van der Waals surface area contributed by atoms with E-state index in [4.69, 9.17) is 0 Å². The zero-order valence-corrected chi connectivity index (χ0v) is 12.7. The summed E-state index contributed by atoms with van der Waals surface area (Å²) in [4.78, 5) is 13.9. The Morgan fingerprint density at radius 3 is 2.55 bits per heavy atom. The topological polar surface area (TPSA) is 40.5 Å². The summed E-state index contributed by atoms with van der Waals surface area (Å²) in [5.74, 6) is -1.49. The van der Waals surface area contributed by atoms with Crippen molar-refractivity contribution in [3.05, 3.63) is 35.4 Å². The Hall–Kier alpha value is -1.49. The van der Waals surface area contributed by atoms with Gasteiger partial charge in [-0.3, -0.25) is 4.79 Å². The predicted molar refractivity (Wildman–Crippen MR) is 78.1 cm³/mol. The molecule has 5 heteroatoms. The molecule has 120 valence electrons. The van der Waals surface area contributed by atoms with Gasteiger partial charge in [-0.25, -0.2) is 8.78 Å². The molecule has 1 saturated heterocycles. The van der Waals surface area contributed by atoms with Gasteiger partial charge in [-0.05, 0) is 30.9 Å². The van der Waals surface area contributed by atoms with Gasteiger partial charge in [0.2, 0.25) is 5.91 Å². The zero-order chi connectivity index (χ0) is 15.9. The molecule has 0 radical (unpaired) electrons. The van der Waals surface area contributed by atoms with Crippen molar-refractivity contribution in [3.63, 3.8) is 0 Å². The summed E-state index contributed by atoms with van der Waals surface area (Å²) in [6.07, 6.45) is 2.80. The van der Waals surface area contributed by atoms with E-state index in [0.717, 1.165) is 31.4 Å². The van der Waals surface area contributed by atoms with Crippen molar-refractivity contribution in [3.8, 4) is 0 Å². The Balaban J connectivity index is 1.71. The normalized spacial score (nSPS) is 28.7. The predicted octanol–water partition coefficient (Wildman–Crippen LogP) is 2.52. The van der Waals surface area contributed by atoms with Crippen molar-refractivity contribution in [2.45, 2.75) is 38.2 Å². The Kier molecular flexibility index (Phi) is 3.93. The number of halogens is 2. The average molecular weight is 309 g/mol. The summed E-state index contributed by atoms with van der Waals surface area (Å²) >= 11 is 0. The van der Waals surface area contributed by atoms with Crippen LogP contribution in [0.3, 0.4) is 0 Å². The van der Waals surface area contributed by atoms with Crippen LogP contribution in [-0.4, -0.2) is 34.6 Å². The highest BCUT2D eigenvalue weighted by molar-refractivity contribution is 5.79. The van der Waals surface area contributed by atoms with Crippen molar-refractivity contribution in [1.82, 2.24) is 4.90 Å². The lowest BCUT2D eigenvalue weighted by Crippen LogP contribution is -2.48. The quantitative estimate of drug-likeness (QED) is 0.932. The molecule has 0 aromatic heterocycles. The Bertz CT molecular complexity index is 568. The molecule has 1 aliphatic heterocycles. The number of rotatable bonds is 3. The second-order valence-corrected chi connectivity index (χ2v) is 6.67. The molecule has 2 atom stereocenters. The highest BCUT2D eigenvalue weighted by Gasteiger charge is 2.50. The third-order valence-corrected chi connectivity index (χ3v) is 5.35. The van der Waals surface area contributed by atoms with Crippen LogP contribution in [0.5, 0.6) is 0 Å². The first-order valence-electron chi connectivity index (χ1n) is 7.85. The molecule has 2 aliphatic rings. The van der Waals surface area contributed by atoms with Crippen molar-refractivity contribution in [1.29, 1.82) is 0 Å². The van der Waals surface area contributed by atoms with Crippen LogP contribution in [0.25, 0.3) is 0 Å². The minimum atomic E-state index is -0.846. The van der Waals surface area contributed by atoms with Crippen LogP contribution in [-0.2, 0) is 11.2 Å². The van der Waals surface area contributed by atoms with Crippen molar-refractivity contribution in [2.24, 2.45) is 11.8 Å². The number of amides is 1. The van der Waals surface area contributed by atoms with E-state index < -0.39 is 17.2 Å². The fourth-order valence-electron chi connectivity index (χ4n) is 3.61. The number of benzene rings is 1. The number of hydrogen-bond acceptors (Lipinski definition) is 2. The molecule has 2 fully saturated rings. The van der Waals surface area contributed by atoms with E-state index in [1.165, 1.54) is 6.07 Å². The summed E-state index contributed by atoms with van der Waals surface area (Å²) in [5.41, 5.74) is -1.04. The molecule has 3 nitrogen and oxygen atoms in total. The number of β-amino-alcohol motifs (C(OH)–C–C–N with tert-alkyl or cyclic N) is 1. The van der Waals surface area contributed by atoms with Crippen LogP contribution >= 0.6 is 0 Å². The number of aliphatic hydroxyl groups is 1. The van der Waals surface area contributed by atoms with Crippen LogP contribution in [0.4, 0.5) is 8.78 Å². The lowest BCUT2D eigenvalue weighted by atomic mass is 9.69. The van der Waals surface area contributed by atoms with E-state index in [1.54, 1.807) is 4.90 Å². The highest BCUT2D eigenvalue weighted by Crippen LogP contribution is 2.44. The minimum absolute atomic E-state index is 0.00721. The molecule has 1 aliphatic carbocycles. The molecule has 1 heterocycles. The maximum absolute atomic E-state index is 13.7. The first-order chi connectivity index (χ1) is 10.4. The molecule has 1 aromatic carbocycles. The molecule has 3 rings (SSSR count). The first-order valence-corrected chi connectivity index (χ1v) is 7.85. The molecule has 1 N–H and O–H groups in total. The largest absolute Gasteiger partial charge is 0.387 e. The number of hydrogen-bond donors (Lipinski definition) is 1. The third kappa shape index (κ3) is 2.51. The van der Waals surface area contributed by atoms with Gasteiger partial charge in [-0.15, -0.1) is 0 Å². The zero-order valence-electron chi connectivity index (χ0n) is 12.7. The summed E-state index contributed by atoms with van der Waals surface area (Å²) in [6, 6.07) is 3.60. The van der Waals surface area contributed by atoms with Gasteiger partial charge in [0, 0.05) is 24.6 Å². The lowest BCUT2D eigenvalue weighted by molar-refractivity contribution is -0.131. The van der Waals surface area contributed by atoms with E-state index in [1.807, 2.05) is 6.92 Å². The fraction of sp³-hybridized carbons (Fsp3) is 0.588. The second kappa shape index (κ2) is 5.61. The fourth-order valence-corrected chi connectivity index (χ4v) is 3.61. The highest BCUT2D eigenvalue weighted by atomic mass is 19.1. The van der Waals surface area contributed by atoms with Gasteiger partial charge < -0.3 is 10.0 Å². The molecule has 1 amide bonds. The van der Waals surface area contributed by atoms with Gasteiger partial charge >= 0.3 is 0 Å². The Morgan fingerprint density at radius 2 is 2.00 bits per heavy atom. The summed E-state index contributed by atoms with van der Waals surface area (Å²) in [7, 11) is 0. The minimum Gasteiger partial charge on any atom is -0.387 e. The molecule has 0 spiro atoms. The Labute approximate surface area is 128 Å². The van der Waals surface area contributed by atoms with Crippen molar-refractivity contribution < 1.29 is 18.7 Å². The number of carbonyl (C=O) groups excluding carboxylic acids is 1. The van der Waals surface area contributed by atoms with Crippen LogP contribution in [0.2, 0.25) is 0 Å². The lowest BCUT2D eigenvalue weighted by Gasteiger charge is -2.41. The number of likely N-dealkylation sites (tertiary alicyclic amines) is 1. The van der Waals surface area contributed by atoms with Crippen LogP contribution in [0, 0.1) is 23.5 Å². The monoisotopic (exact) mass is 309 g/mol. The summed E-state index contributed by atoms with van der Waals surface area (Å²) < 4.78 is 27.3. The smallest absolute Gasteiger partial charge is 0.227 e. The SMILES string of the molecule is C[C@@H]1CN(C(=O)Cc2c(F)cccc2F)C[C@@]1(O)C1CCC1. The molecular formula is C17H21F2NO2. The molecule has 22 heavy (non-hydrogen) atoms. The Morgan fingerprint density at radius 1 is 1.36 bits per heavy atom. The van der Waals surface area contributed by atoms with E-state index in [0.29, 0.717) is 6.54 Å². The van der Waals surface area contributed by atoms with Gasteiger partial charge in [-0.1, -0.05) is 19.4 Å². The van der Waals surface area contributed by atoms with Crippen LogP contribution in [0.1, 0.15) is 31.7 Å². The van der Waals surface area contributed by atoms with Crippen LogP contribution in [0.15, 0.2) is 18.2 Å². The summed E-state index contributed by atoms with van der Waals surface area (Å²) in [5, 5.41) is 10.8. The number of carbonyl (C=O) groups is 1. The second-order valence-electron chi connectivity index (χ2n) is 6.67. The van der Waals surface area contributed by atoms with E-state index in [-0.39, 0.29) is 36.3 Å². The van der Waals surface area contributed by atoms with Gasteiger partial charge in [-0.2, -0.15) is 0 Å². The van der Waals surface area contributed by atoms with Gasteiger partial charge in [0.05, 0.1) is 12.0 Å².